The number of nitrogens with two attached hydrogens (primary N) is 1. The van der Waals surface area contributed by atoms with Crippen molar-refractivity contribution in [3.8, 4) is 0 Å². The van der Waals surface area contributed by atoms with Gasteiger partial charge in [0.25, 0.3) is 0 Å². The van der Waals surface area contributed by atoms with E-state index in [1.54, 1.807) is 0 Å². The lowest BCUT2D eigenvalue weighted by atomic mass is 10.1. The van der Waals surface area contributed by atoms with E-state index in [0.717, 1.165) is 6.42 Å². The molecule has 0 fully saturated rings. The molecule has 0 saturated carbocycles. The Morgan fingerprint density at radius 1 is 1.22 bits per heavy atom. The summed E-state index contributed by atoms with van der Waals surface area (Å²) in [4.78, 5) is 0. The molecule has 0 aromatic heterocycles. The van der Waals surface area contributed by atoms with E-state index in [-0.39, 0.29) is 17.2 Å². The van der Waals surface area contributed by atoms with Crippen LogP contribution in [0.15, 0.2) is 24.3 Å². The molecule has 0 heterocycles. The van der Waals surface area contributed by atoms with Gasteiger partial charge in [-0.25, -0.2) is 0 Å². The Labute approximate surface area is 112 Å². The number of benzene rings is 1. The summed E-state index contributed by atoms with van der Waals surface area (Å²) in [5.74, 6) is 0. The molecule has 1 aromatic rings. The third-order valence-corrected chi connectivity index (χ3v) is 8.99. The summed E-state index contributed by atoms with van der Waals surface area (Å²) in [6.07, 6.45) is 1.12. The monoisotopic (exact) mass is 263 g/mol. The molecule has 100 valence electrons. The first-order valence-corrected chi connectivity index (χ1v) is 9.64. The molecule has 0 unspecified atom stereocenters. The van der Waals surface area contributed by atoms with Crippen molar-refractivity contribution in [2.24, 2.45) is 5.73 Å². The molecule has 0 amide bonds. The fraction of sp³-hybridized carbons (Fsp3) is 0.600. The van der Waals surface area contributed by atoms with Crippen LogP contribution in [0.3, 0.4) is 0 Å². The van der Waals surface area contributed by atoms with Crippen molar-refractivity contribution in [3.63, 3.8) is 0 Å². The third kappa shape index (κ3) is 2.39. The van der Waals surface area contributed by atoms with E-state index in [1.165, 1.54) is 11.1 Å². The smallest absolute Gasteiger partial charge is 0.192 e. The molecule has 1 aliphatic rings. The first-order chi connectivity index (χ1) is 8.22. The highest BCUT2D eigenvalue weighted by Crippen LogP contribution is 2.41. The zero-order chi connectivity index (χ0) is 13.6. The number of fused-ring (bicyclic) bond motifs is 1. The van der Waals surface area contributed by atoms with Crippen molar-refractivity contribution in [1.29, 1.82) is 0 Å². The summed E-state index contributed by atoms with van der Waals surface area (Å²) in [5, 5.41) is 0.238. The number of hydrogen-bond acceptors (Lipinski definition) is 2. The van der Waals surface area contributed by atoms with Crippen molar-refractivity contribution in [3.05, 3.63) is 35.4 Å². The van der Waals surface area contributed by atoms with Gasteiger partial charge in [0.2, 0.25) is 0 Å². The van der Waals surface area contributed by atoms with Gasteiger partial charge in [0.05, 0.1) is 12.1 Å². The quantitative estimate of drug-likeness (QED) is 0.827. The van der Waals surface area contributed by atoms with E-state index in [4.69, 9.17) is 10.2 Å². The SMILES string of the molecule is CC(C)(C)[Si](C)(C)O[C@@H]1Cc2ccccc2[C@H]1N. The van der Waals surface area contributed by atoms with Gasteiger partial charge in [0.1, 0.15) is 0 Å². The van der Waals surface area contributed by atoms with E-state index < -0.39 is 8.32 Å². The molecular formula is C15H25NOSi. The maximum Gasteiger partial charge on any atom is 0.192 e. The van der Waals surface area contributed by atoms with Crippen LogP contribution in [-0.2, 0) is 10.8 Å². The predicted molar refractivity (Wildman–Crippen MR) is 79.1 cm³/mol. The molecule has 0 aliphatic heterocycles. The Hall–Kier alpha value is -0.643. The zero-order valence-electron chi connectivity index (χ0n) is 12.2. The molecule has 2 nitrogen and oxygen atoms in total. The normalized spacial score (nSPS) is 24.1. The van der Waals surface area contributed by atoms with Crippen LogP contribution in [0.5, 0.6) is 0 Å². The van der Waals surface area contributed by atoms with E-state index in [2.05, 4.69) is 58.1 Å². The standard InChI is InChI=1S/C15H25NOSi/c1-15(2,3)18(4,5)17-13-10-11-8-6-7-9-12(11)14(13)16/h6-9,13-14H,10,16H2,1-5H3/t13-,14-/m1/s1. The molecule has 1 aliphatic carbocycles. The van der Waals surface area contributed by atoms with E-state index in [0.29, 0.717) is 0 Å². The first-order valence-electron chi connectivity index (χ1n) is 6.73. The average molecular weight is 263 g/mol. The molecule has 2 rings (SSSR count). The van der Waals surface area contributed by atoms with Gasteiger partial charge in [0.15, 0.2) is 8.32 Å². The number of hydrogen-bond donors (Lipinski definition) is 1. The summed E-state index contributed by atoms with van der Waals surface area (Å²) >= 11 is 0. The highest BCUT2D eigenvalue weighted by Gasteiger charge is 2.42. The molecular weight excluding hydrogens is 238 g/mol. The molecule has 0 radical (unpaired) electrons. The van der Waals surface area contributed by atoms with Gasteiger partial charge in [-0.05, 0) is 35.7 Å². The molecule has 1 aromatic carbocycles. The van der Waals surface area contributed by atoms with Crippen LogP contribution in [-0.4, -0.2) is 14.4 Å². The van der Waals surface area contributed by atoms with Crippen LogP contribution in [0.25, 0.3) is 0 Å². The second-order valence-electron chi connectivity index (χ2n) is 6.85. The van der Waals surface area contributed by atoms with Crippen molar-refractivity contribution in [2.45, 2.75) is 57.5 Å². The third-order valence-electron chi connectivity index (χ3n) is 4.49. The highest BCUT2D eigenvalue weighted by atomic mass is 28.4. The van der Waals surface area contributed by atoms with Gasteiger partial charge in [-0.3, -0.25) is 0 Å². The topological polar surface area (TPSA) is 35.2 Å². The molecule has 2 N–H and O–H groups in total. The Morgan fingerprint density at radius 3 is 2.39 bits per heavy atom. The van der Waals surface area contributed by atoms with Crippen LogP contribution in [0.2, 0.25) is 18.1 Å². The second-order valence-corrected chi connectivity index (χ2v) is 11.6. The Morgan fingerprint density at radius 2 is 1.83 bits per heavy atom. The Kier molecular flexibility index (Phi) is 3.43. The van der Waals surface area contributed by atoms with E-state index in [9.17, 15) is 0 Å². The van der Waals surface area contributed by atoms with Crippen molar-refractivity contribution >= 4 is 8.32 Å². The van der Waals surface area contributed by atoms with Crippen molar-refractivity contribution in [1.82, 2.24) is 0 Å². The lowest BCUT2D eigenvalue weighted by Crippen LogP contribution is -2.45. The Balaban J connectivity index is 2.16. The minimum absolute atomic E-state index is 0.0373. The molecule has 0 saturated heterocycles. The van der Waals surface area contributed by atoms with E-state index >= 15 is 0 Å². The first kappa shape index (κ1) is 13.8. The highest BCUT2D eigenvalue weighted by molar-refractivity contribution is 6.74. The van der Waals surface area contributed by atoms with Crippen LogP contribution < -0.4 is 5.73 Å². The van der Waals surface area contributed by atoms with Crippen molar-refractivity contribution < 1.29 is 4.43 Å². The van der Waals surface area contributed by atoms with Crippen molar-refractivity contribution in [2.75, 3.05) is 0 Å². The molecule has 18 heavy (non-hydrogen) atoms. The summed E-state index contributed by atoms with van der Waals surface area (Å²) < 4.78 is 6.47. The lowest BCUT2D eigenvalue weighted by molar-refractivity contribution is 0.165. The van der Waals surface area contributed by atoms with Crippen LogP contribution >= 0.6 is 0 Å². The zero-order valence-corrected chi connectivity index (χ0v) is 13.2. The van der Waals surface area contributed by atoms with Crippen LogP contribution in [0, 0.1) is 0 Å². The minimum atomic E-state index is -1.73. The lowest BCUT2D eigenvalue weighted by Gasteiger charge is -2.39. The maximum atomic E-state index is 6.47. The minimum Gasteiger partial charge on any atom is -0.412 e. The van der Waals surface area contributed by atoms with Gasteiger partial charge in [0, 0.05) is 0 Å². The van der Waals surface area contributed by atoms with Gasteiger partial charge in [-0.15, -0.1) is 0 Å². The predicted octanol–water partition coefficient (Wildman–Crippen LogP) is 3.63. The molecule has 3 heteroatoms. The van der Waals surface area contributed by atoms with Gasteiger partial charge >= 0.3 is 0 Å². The van der Waals surface area contributed by atoms with Gasteiger partial charge in [-0.2, -0.15) is 0 Å². The van der Waals surface area contributed by atoms with Crippen LogP contribution in [0.1, 0.15) is 37.9 Å². The maximum absolute atomic E-state index is 6.47. The summed E-state index contributed by atoms with van der Waals surface area (Å²) in [6, 6.07) is 8.49. The van der Waals surface area contributed by atoms with E-state index in [1.807, 2.05) is 0 Å². The van der Waals surface area contributed by atoms with Crippen LogP contribution in [0.4, 0.5) is 0 Å². The second kappa shape index (κ2) is 4.48. The molecule has 0 spiro atoms. The van der Waals surface area contributed by atoms with Gasteiger partial charge < -0.3 is 10.2 Å². The molecule has 2 atom stereocenters. The molecule has 0 bridgehead atoms. The summed E-state index contributed by atoms with van der Waals surface area (Å²) in [6.45, 7) is 11.4. The van der Waals surface area contributed by atoms with Gasteiger partial charge in [-0.1, -0.05) is 45.0 Å². The largest absolute Gasteiger partial charge is 0.412 e. The summed E-state index contributed by atoms with van der Waals surface area (Å²) in [7, 11) is -1.73. The number of rotatable bonds is 2. The summed E-state index contributed by atoms with van der Waals surface area (Å²) in [5.41, 5.74) is 8.96. The Bertz CT molecular complexity index is 436. The average Bonchev–Trinajstić information content (AvgIpc) is 2.54. The fourth-order valence-corrected chi connectivity index (χ4v) is 3.60. The fourth-order valence-electron chi connectivity index (χ4n) is 2.26.